The van der Waals surface area contributed by atoms with Crippen molar-refractivity contribution in [3.63, 3.8) is 0 Å². The van der Waals surface area contributed by atoms with Gasteiger partial charge in [-0.2, -0.15) is 5.10 Å². The van der Waals surface area contributed by atoms with Crippen LogP contribution in [0.15, 0.2) is 42.7 Å². The Morgan fingerprint density at radius 3 is 2.72 bits per heavy atom. The first-order valence-electron chi connectivity index (χ1n) is 9.14. The maximum Gasteiger partial charge on any atom is 0.242 e. The second kappa shape index (κ2) is 7.83. The SMILES string of the molecule is Cc1cnn(C[C@@H]2CCCN2[C@H](C(=O)NC(C)C)c2ccccc2)c1. The molecule has 5 nitrogen and oxygen atoms in total. The van der Waals surface area contributed by atoms with Crippen molar-refractivity contribution < 1.29 is 4.79 Å². The monoisotopic (exact) mass is 340 g/mol. The van der Waals surface area contributed by atoms with E-state index in [4.69, 9.17) is 0 Å². The zero-order chi connectivity index (χ0) is 17.8. The van der Waals surface area contributed by atoms with E-state index in [9.17, 15) is 4.79 Å². The molecular formula is C20H28N4O. The molecule has 0 radical (unpaired) electrons. The van der Waals surface area contributed by atoms with Crippen LogP contribution in [0.4, 0.5) is 0 Å². The molecule has 1 aliphatic rings. The van der Waals surface area contributed by atoms with E-state index in [0.29, 0.717) is 6.04 Å². The minimum absolute atomic E-state index is 0.0877. The Kier molecular flexibility index (Phi) is 5.53. The molecule has 3 rings (SSSR count). The van der Waals surface area contributed by atoms with Gasteiger partial charge < -0.3 is 5.32 Å². The molecule has 1 amide bonds. The maximum atomic E-state index is 13.0. The van der Waals surface area contributed by atoms with Crippen LogP contribution in [0.1, 0.15) is 43.9 Å². The Bertz CT molecular complexity index is 695. The summed E-state index contributed by atoms with van der Waals surface area (Å²) in [5.74, 6) is 0.0877. The first kappa shape index (κ1) is 17.7. The first-order valence-corrected chi connectivity index (χ1v) is 9.14. The van der Waals surface area contributed by atoms with E-state index >= 15 is 0 Å². The first-order chi connectivity index (χ1) is 12.0. The summed E-state index contributed by atoms with van der Waals surface area (Å²) in [6.45, 7) is 7.84. The van der Waals surface area contributed by atoms with E-state index in [2.05, 4.69) is 40.6 Å². The molecule has 1 aromatic heterocycles. The summed E-state index contributed by atoms with van der Waals surface area (Å²) in [7, 11) is 0. The van der Waals surface area contributed by atoms with Gasteiger partial charge in [0.2, 0.25) is 5.91 Å². The highest BCUT2D eigenvalue weighted by Crippen LogP contribution is 2.30. The van der Waals surface area contributed by atoms with Gasteiger partial charge in [-0.25, -0.2) is 0 Å². The minimum atomic E-state index is -0.243. The third-order valence-corrected chi connectivity index (χ3v) is 4.71. The molecule has 2 heterocycles. The smallest absolute Gasteiger partial charge is 0.242 e. The number of carbonyl (C=O) groups excluding carboxylic acids is 1. The number of likely N-dealkylation sites (tertiary alicyclic amines) is 1. The number of aryl methyl sites for hydroxylation is 1. The molecule has 1 fully saturated rings. The highest BCUT2D eigenvalue weighted by molar-refractivity contribution is 5.83. The van der Waals surface area contributed by atoms with Crippen molar-refractivity contribution >= 4 is 5.91 Å². The lowest BCUT2D eigenvalue weighted by molar-refractivity contribution is -0.127. The van der Waals surface area contributed by atoms with Gasteiger partial charge in [0, 0.05) is 18.3 Å². The van der Waals surface area contributed by atoms with Crippen molar-refractivity contribution in [2.24, 2.45) is 0 Å². The molecule has 1 N–H and O–H groups in total. The fraction of sp³-hybridized carbons (Fsp3) is 0.500. The van der Waals surface area contributed by atoms with Crippen molar-refractivity contribution in [3.8, 4) is 0 Å². The van der Waals surface area contributed by atoms with Crippen molar-refractivity contribution in [1.82, 2.24) is 20.0 Å². The second-order valence-corrected chi connectivity index (χ2v) is 7.25. The molecule has 1 aliphatic heterocycles. The summed E-state index contributed by atoms with van der Waals surface area (Å²) in [6.07, 6.45) is 6.17. The Labute approximate surface area is 150 Å². The summed E-state index contributed by atoms with van der Waals surface area (Å²) in [4.78, 5) is 15.3. The molecule has 1 saturated heterocycles. The van der Waals surface area contributed by atoms with Crippen LogP contribution < -0.4 is 5.32 Å². The van der Waals surface area contributed by atoms with Crippen LogP contribution in [0, 0.1) is 6.92 Å². The van der Waals surface area contributed by atoms with Crippen molar-refractivity contribution in [1.29, 1.82) is 0 Å². The van der Waals surface area contributed by atoms with Crippen LogP contribution in [0.5, 0.6) is 0 Å². The van der Waals surface area contributed by atoms with E-state index in [0.717, 1.165) is 31.5 Å². The normalized spacial score (nSPS) is 19.3. The number of benzene rings is 1. The molecule has 0 saturated carbocycles. The topological polar surface area (TPSA) is 50.2 Å². The number of hydrogen-bond acceptors (Lipinski definition) is 3. The molecule has 2 atom stereocenters. The van der Waals surface area contributed by atoms with Gasteiger partial charge >= 0.3 is 0 Å². The molecule has 5 heteroatoms. The number of carbonyl (C=O) groups is 1. The zero-order valence-electron chi connectivity index (χ0n) is 15.4. The quantitative estimate of drug-likeness (QED) is 0.880. The minimum Gasteiger partial charge on any atom is -0.352 e. The summed E-state index contributed by atoms with van der Waals surface area (Å²) in [5.41, 5.74) is 2.23. The highest BCUT2D eigenvalue weighted by atomic mass is 16.2. The summed E-state index contributed by atoms with van der Waals surface area (Å²) < 4.78 is 2.00. The summed E-state index contributed by atoms with van der Waals surface area (Å²) >= 11 is 0. The lowest BCUT2D eigenvalue weighted by Crippen LogP contribution is -2.45. The molecule has 0 spiro atoms. The van der Waals surface area contributed by atoms with Gasteiger partial charge in [0.05, 0.1) is 12.7 Å². The van der Waals surface area contributed by atoms with Crippen molar-refractivity contribution in [2.45, 2.75) is 58.3 Å². The number of nitrogens with one attached hydrogen (secondary N) is 1. The number of amides is 1. The van der Waals surface area contributed by atoms with Crippen LogP contribution in [-0.2, 0) is 11.3 Å². The standard InChI is InChI=1S/C20H28N4O/c1-15(2)22-20(25)19(17-8-5-4-6-9-17)24-11-7-10-18(24)14-23-13-16(3)12-21-23/h4-6,8-9,12-13,15,18-19H,7,10-11,14H2,1-3H3,(H,22,25)/t18-,19-/m0/s1. The van der Waals surface area contributed by atoms with Gasteiger partial charge in [-0.05, 0) is 51.3 Å². The van der Waals surface area contributed by atoms with E-state index in [1.54, 1.807) is 0 Å². The Morgan fingerprint density at radius 2 is 2.08 bits per heavy atom. The van der Waals surface area contributed by atoms with Crippen LogP contribution in [0.2, 0.25) is 0 Å². The van der Waals surface area contributed by atoms with Crippen LogP contribution in [-0.4, -0.2) is 39.2 Å². The largest absolute Gasteiger partial charge is 0.352 e. The summed E-state index contributed by atoms with van der Waals surface area (Å²) in [6, 6.07) is 10.3. The van der Waals surface area contributed by atoms with Gasteiger partial charge in [-0.15, -0.1) is 0 Å². The molecule has 0 unspecified atom stereocenters. The lowest BCUT2D eigenvalue weighted by Gasteiger charge is -2.33. The predicted molar refractivity (Wildman–Crippen MR) is 99.2 cm³/mol. The average molecular weight is 340 g/mol. The molecule has 1 aromatic carbocycles. The van der Waals surface area contributed by atoms with Crippen molar-refractivity contribution in [3.05, 3.63) is 53.9 Å². The molecule has 134 valence electrons. The van der Waals surface area contributed by atoms with E-state index in [-0.39, 0.29) is 18.0 Å². The van der Waals surface area contributed by atoms with E-state index in [1.165, 1.54) is 5.56 Å². The molecular weight excluding hydrogens is 312 g/mol. The number of nitrogens with zero attached hydrogens (tertiary/aromatic N) is 3. The Balaban J connectivity index is 1.84. The molecule has 0 bridgehead atoms. The lowest BCUT2D eigenvalue weighted by atomic mass is 10.0. The maximum absolute atomic E-state index is 13.0. The number of rotatable bonds is 6. The van der Waals surface area contributed by atoms with Crippen LogP contribution in [0.3, 0.4) is 0 Å². The number of hydrogen-bond donors (Lipinski definition) is 1. The van der Waals surface area contributed by atoms with Gasteiger partial charge in [0.1, 0.15) is 6.04 Å². The zero-order valence-corrected chi connectivity index (χ0v) is 15.4. The third-order valence-electron chi connectivity index (χ3n) is 4.71. The Morgan fingerprint density at radius 1 is 1.32 bits per heavy atom. The van der Waals surface area contributed by atoms with Crippen LogP contribution >= 0.6 is 0 Å². The van der Waals surface area contributed by atoms with Gasteiger partial charge in [-0.1, -0.05) is 30.3 Å². The number of aromatic nitrogens is 2. The fourth-order valence-electron chi connectivity index (χ4n) is 3.67. The fourth-order valence-corrected chi connectivity index (χ4v) is 3.67. The van der Waals surface area contributed by atoms with Crippen molar-refractivity contribution in [2.75, 3.05) is 6.54 Å². The molecule has 0 aliphatic carbocycles. The van der Waals surface area contributed by atoms with E-state index in [1.807, 2.05) is 42.9 Å². The Hall–Kier alpha value is -2.14. The van der Waals surface area contributed by atoms with Gasteiger partial charge in [0.25, 0.3) is 0 Å². The highest BCUT2D eigenvalue weighted by Gasteiger charge is 2.36. The summed E-state index contributed by atoms with van der Waals surface area (Å²) in [5, 5.41) is 7.53. The molecule has 2 aromatic rings. The van der Waals surface area contributed by atoms with Gasteiger partial charge in [-0.3, -0.25) is 14.4 Å². The predicted octanol–water partition coefficient (Wildman–Crippen LogP) is 2.92. The third kappa shape index (κ3) is 4.28. The second-order valence-electron chi connectivity index (χ2n) is 7.25. The van der Waals surface area contributed by atoms with Gasteiger partial charge in [0.15, 0.2) is 0 Å². The van der Waals surface area contributed by atoms with E-state index < -0.39 is 0 Å². The average Bonchev–Trinajstić information content (AvgIpc) is 3.18. The molecule has 25 heavy (non-hydrogen) atoms. The van der Waals surface area contributed by atoms with Crippen LogP contribution in [0.25, 0.3) is 0 Å².